The molecule has 2 fully saturated rings. The van der Waals surface area contributed by atoms with Gasteiger partial charge < -0.3 is 5.32 Å². The number of nitro groups is 1. The zero-order valence-electron chi connectivity index (χ0n) is 9.80. The summed E-state index contributed by atoms with van der Waals surface area (Å²) in [5, 5.41) is 14.3. The van der Waals surface area contributed by atoms with Crippen molar-refractivity contribution in [2.24, 2.45) is 11.8 Å². The van der Waals surface area contributed by atoms with Crippen molar-refractivity contribution in [2.45, 2.75) is 31.7 Å². The molecule has 2 saturated carbocycles. The van der Waals surface area contributed by atoms with Crippen LogP contribution >= 0.6 is 15.9 Å². The van der Waals surface area contributed by atoms with Crippen LogP contribution in [0.2, 0.25) is 0 Å². The molecule has 0 aromatic carbocycles. The molecule has 0 saturated heterocycles. The summed E-state index contributed by atoms with van der Waals surface area (Å²) in [5.41, 5.74) is 0.0516. The lowest BCUT2D eigenvalue weighted by Gasteiger charge is -2.18. The maximum Gasteiger partial charge on any atom is 0.312 e. The van der Waals surface area contributed by atoms with Gasteiger partial charge in [0.15, 0.2) is 0 Å². The van der Waals surface area contributed by atoms with Crippen LogP contribution in [0.3, 0.4) is 0 Å². The highest BCUT2D eigenvalue weighted by molar-refractivity contribution is 9.10. The molecular weight excluding hydrogens is 298 g/mol. The molecule has 2 aliphatic rings. The average molecular weight is 312 g/mol. The Bertz CT molecular complexity index is 474. The molecule has 0 bridgehead atoms. The standard InChI is InChI=1S/C12H14BrN3O2/c13-9-5-10(16(17)18)12(14-6-9)15-11(7-1-2-7)8-3-4-8/h5-8,11H,1-4H2,(H,14,15). The third-order valence-corrected chi connectivity index (χ3v) is 4.03. The fourth-order valence-corrected chi connectivity index (χ4v) is 2.69. The Kier molecular flexibility index (Phi) is 2.97. The van der Waals surface area contributed by atoms with Crippen LogP contribution in [-0.2, 0) is 0 Å². The molecule has 96 valence electrons. The zero-order chi connectivity index (χ0) is 12.7. The summed E-state index contributed by atoms with van der Waals surface area (Å²) in [6, 6.07) is 1.88. The molecule has 0 atom stereocenters. The van der Waals surface area contributed by atoms with Gasteiger partial charge in [-0.15, -0.1) is 0 Å². The summed E-state index contributed by atoms with van der Waals surface area (Å²) in [5.74, 6) is 1.78. The van der Waals surface area contributed by atoms with Crippen LogP contribution in [0.4, 0.5) is 11.5 Å². The first-order chi connectivity index (χ1) is 8.65. The summed E-state index contributed by atoms with van der Waals surface area (Å²) >= 11 is 3.22. The lowest BCUT2D eigenvalue weighted by molar-refractivity contribution is -0.384. The molecule has 0 aliphatic heterocycles. The minimum Gasteiger partial charge on any atom is -0.361 e. The van der Waals surface area contributed by atoms with Gasteiger partial charge in [0, 0.05) is 22.8 Å². The average Bonchev–Trinajstić information content (AvgIpc) is 3.19. The molecule has 0 amide bonds. The number of aromatic nitrogens is 1. The zero-order valence-corrected chi connectivity index (χ0v) is 11.4. The minimum atomic E-state index is -0.378. The number of hydrogen-bond acceptors (Lipinski definition) is 4. The summed E-state index contributed by atoms with van der Waals surface area (Å²) in [6.07, 6.45) is 6.54. The lowest BCUT2D eigenvalue weighted by Crippen LogP contribution is -2.25. The first-order valence-electron chi connectivity index (χ1n) is 6.21. The maximum absolute atomic E-state index is 11.0. The highest BCUT2D eigenvalue weighted by Crippen LogP contribution is 2.46. The van der Waals surface area contributed by atoms with Crippen LogP contribution in [0.5, 0.6) is 0 Å². The number of hydrogen-bond donors (Lipinski definition) is 1. The van der Waals surface area contributed by atoms with Crippen molar-refractivity contribution >= 4 is 27.4 Å². The fourth-order valence-electron chi connectivity index (χ4n) is 2.37. The fraction of sp³-hybridized carbons (Fsp3) is 0.583. The van der Waals surface area contributed by atoms with E-state index in [0.29, 0.717) is 28.2 Å². The molecule has 6 heteroatoms. The van der Waals surface area contributed by atoms with E-state index in [-0.39, 0.29) is 10.6 Å². The van der Waals surface area contributed by atoms with Crippen LogP contribution in [0.25, 0.3) is 0 Å². The van der Waals surface area contributed by atoms with Crippen molar-refractivity contribution in [1.29, 1.82) is 0 Å². The lowest BCUT2D eigenvalue weighted by atomic mass is 10.1. The molecule has 2 aliphatic carbocycles. The van der Waals surface area contributed by atoms with Gasteiger partial charge in [-0.3, -0.25) is 10.1 Å². The topological polar surface area (TPSA) is 68.1 Å². The van der Waals surface area contributed by atoms with Gasteiger partial charge in [0.05, 0.1) is 4.92 Å². The van der Waals surface area contributed by atoms with E-state index in [1.165, 1.54) is 31.7 Å². The largest absolute Gasteiger partial charge is 0.361 e. The van der Waals surface area contributed by atoms with E-state index in [1.807, 2.05) is 0 Å². The predicted molar refractivity (Wildman–Crippen MR) is 71.5 cm³/mol. The first kappa shape index (κ1) is 11.9. The normalized spacial score (nSPS) is 19.0. The molecule has 1 heterocycles. The van der Waals surface area contributed by atoms with E-state index in [2.05, 4.69) is 26.2 Å². The quantitative estimate of drug-likeness (QED) is 0.669. The Labute approximate surface area is 113 Å². The highest BCUT2D eigenvalue weighted by Gasteiger charge is 2.42. The number of nitrogens with zero attached hydrogens (tertiary/aromatic N) is 2. The van der Waals surface area contributed by atoms with Crippen molar-refractivity contribution < 1.29 is 4.92 Å². The molecular formula is C12H14BrN3O2. The van der Waals surface area contributed by atoms with E-state index in [4.69, 9.17) is 0 Å². The summed E-state index contributed by atoms with van der Waals surface area (Å²) in [6.45, 7) is 0. The number of anilines is 1. The maximum atomic E-state index is 11.0. The van der Waals surface area contributed by atoms with Crippen molar-refractivity contribution in [3.05, 3.63) is 26.9 Å². The molecule has 1 aromatic rings. The summed E-state index contributed by atoms with van der Waals surface area (Å²) < 4.78 is 0.633. The summed E-state index contributed by atoms with van der Waals surface area (Å²) in [4.78, 5) is 14.8. The predicted octanol–water partition coefficient (Wildman–Crippen LogP) is 3.35. The second kappa shape index (κ2) is 4.50. The number of rotatable bonds is 5. The van der Waals surface area contributed by atoms with E-state index in [9.17, 15) is 10.1 Å². The highest BCUT2D eigenvalue weighted by atomic mass is 79.9. The molecule has 5 nitrogen and oxygen atoms in total. The monoisotopic (exact) mass is 311 g/mol. The van der Waals surface area contributed by atoms with Gasteiger partial charge in [-0.25, -0.2) is 4.98 Å². The number of halogens is 1. The summed E-state index contributed by atoms with van der Waals surface area (Å²) in [7, 11) is 0. The van der Waals surface area contributed by atoms with E-state index >= 15 is 0 Å². The van der Waals surface area contributed by atoms with Crippen LogP contribution in [0.15, 0.2) is 16.7 Å². The Balaban J connectivity index is 1.84. The van der Waals surface area contributed by atoms with Gasteiger partial charge in [0.1, 0.15) is 0 Å². The number of pyridine rings is 1. The molecule has 0 radical (unpaired) electrons. The second-order valence-electron chi connectivity index (χ2n) is 5.12. The van der Waals surface area contributed by atoms with Crippen molar-refractivity contribution in [1.82, 2.24) is 4.98 Å². The van der Waals surface area contributed by atoms with E-state index in [0.717, 1.165) is 0 Å². The minimum absolute atomic E-state index is 0.0516. The molecule has 3 rings (SSSR count). The Hall–Kier alpha value is -1.17. The van der Waals surface area contributed by atoms with Gasteiger partial charge in [-0.05, 0) is 53.4 Å². The molecule has 0 spiro atoms. The smallest absolute Gasteiger partial charge is 0.312 e. The Morgan fingerprint density at radius 2 is 2.00 bits per heavy atom. The van der Waals surface area contributed by atoms with Crippen LogP contribution in [-0.4, -0.2) is 15.9 Å². The Morgan fingerprint density at radius 3 is 2.50 bits per heavy atom. The van der Waals surface area contributed by atoms with Crippen LogP contribution in [0, 0.1) is 22.0 Å². The van der Waals surface area contributed by atoms with E-state index < -0.39 is 0 Å². The van der Waals surface area contributed by atoms with Gasteiger partial charge in [-0.2, -0.15) is 0 Å². The van der Waals surface area contributed by atoms with Gasteiger partial charge in [-0.1, -0.05) is 0 Å². The van der Waals surface area contributed by atoms with Crippen LogP contribution < -0.4 is 5.32 Å². The first-order valence-corrected chi connectivity index (χ1v) is 7.01. The van der Waals surface area contributed by atoms with E-state index in [1.54, 1.807) is 6.20 Å². The van der Waals surface area contributed by atoms with Gasteiger partial charge in [0.2, 0.25) is 5.82 Å². The molecule has 1 N–H and O–H groups in total. The van der Waals surface area contributed by atoms with Gasteiger partial charge >= 0.3 is 5.69 Å². The Morgan fingerprint density at radius 1 is 1.39 bits per heavy atom. The second-order valence-corrected chi connectivity index (χ2v) is 6.04. The van der Waals surface area contributed by atoms with Crippen molar-refractivity contribution in [3.63, 3.8) is 0 Å². The van der Waals surface area contributed by atoms with Crippen LogP contribution in [0.1, 0.15) is 25.7 Å². The molecule has 0 unspecified atom stereocenters. The molecule has 18 heavy (non-hydrogen) atoms. The number of nitrogens with one attached hydrogen (secondary N) is 1. The third-order valence-electron chi connectivity index (χ3n) is 3.59. The van der Waals surface area contributed by atoms with Crippen molar-refractivity contribution in [3.8, 4) is 0 Å². The third kappa shape index (κ3) is 2.48. The molecule has 1 aromatic heterocycles. The van der Waals surface area contributed by atoms with Crippen molar-refractivity contribution in [2.75, 3.05) is 5.32 Å². The SMILES string of the molecule is O=[N+]([O-])c1cc(Br)cnc1NC(C1CC1)C1CC1. The van der Waals surface area contributed by atoms with Gasteiger partial charge in [0.25, 0.3) is 0 Å².